The Morgan fingerprint density at radius 1 is 1.14 bits per heavy atom. The van der Waals surface area contributed by atoms with Crippen molar-refractivity contribution in [3.63, 3.8) is 0 Å². The summed E-state index contributed by atoms with van der Waals surface area (Å²) in [5.74, 6) is 1.49. The van der Waals surface area contributed by atoms with Crippen molar-refractivity contribution in [2.75, 3.05) is 26.2 Å². The van der Waals surface area contributed by atoms with Crippen LogP contribution in [0.5, 0.6) is 0 Å². The summed E-state index contributed by atoms with van der Waals surface area (Å²) < 4.78 is 1.78. The molecule has 2 saturated heterocycles. The van der Waals surface area contributed by atoms with Gasteiger partial charge in [-0.25, -0.2) is 4.68 Å². The van der Waals surface area contributed by atoms with Gasteiger partial charge in [0.15, 0.2) is 0 Å². The summed E-state index contributed by atoms with van der Waals surface area (Å²) in [7, 11) is 1.90. The van der Waals surface area contributed by atoms with Crippen molar-refractivity contribution in [2.45, 2.75) is 82.8 Å². The number of hydrogen-bond acceptors (Lipinski definition) is 6. The number of rotatable bonds is 10. The Morgan fingerprint density at radius 2 is 1.92 bits per heavy atom. The molecule has 3 N–H and O–H groups in total. The van der Waals surface area contributed by atoms with Gasteiger partial charge < -0.3 is 20.9 Å². The third kappa shape index (κ3) is 6.32. The number of nitrogens with zero attached hydrogens (tertiary/aromatic N) is 5. The lowest BCUT2D eigenvalue weighted by molar-refractivity contribution is -0.134. The molecule has 37 heavy (non-hydrogen) atoms. The zero-order chi connectivity index (χ0) is 25.8. The SMILES string of the molecule is Cn1nnc2cc(CNCC3CC(CC4CCCC4)CN3C(=O)C(N)CCC(=O)N3CCCC3)ccc21. The highest BCUT2D eigenvalue weighted by Crippen LogP contribution is 2.35. The Hall–Kier alpha value is -2.52. The van der Waals surface area contributed by atoms with E-state index in [1.165, 1.54) is 32.1 Å². The van der Waals surface area contributed by atoms with Gasteiger partial charge in [0.1, 0.15) is 5.52 Å². The van der Waals surface area contributed by atoms with E-state index in [0.29, 0.717) is 25.3 Å². The second-order valence-corrected chi connectivity index (χ2v) is 11.5. The fourth-order valence-corrected chi connectivity index (χ4v) is 6.68. The third-order valence-corrected chi connectivity index (χ3v) is 8.75. The Balaban J connectivity index is 1.17. The molecule has 9 heteroatoms. The lowest BCUT2D eigenvalue weighted by Gasteiger charge is -2.28. The van der Waals surface area contributed by atoms with Crippen LogP contribution in [-0.4, -0.2) is 74.9 Å². The maximum Gasteiger partial charge on any atom is 0.239 e. The van der Waals surface area contributed by atoms with Crippen LogP contribution in [0.2, 0.25) is 0 Å². The first-order chi connectivity index (χ1) is 18.0. The van der Waals surface area contributed by atoms with Crippen molar-refractivity contribution >= 4 is 22.8 Å². The van der Waals surface area contributed by atoms with Gasteiger partial charge in [0.2, 0.25) is 11.8 Å². The van der Waals surface area contributed by atoms with Gasteiger partial charge in [-0.15, -0.1) is 5.10 Å². The summed E-state index contributed by atoms with van der Waals surface area (Å²) in [5, 5.41) is 11.9. The fourth-order valence-electron chi connectivity index (χ4n) is 6.68. The van der Waals surface area contributed by atoms with E-state index in [9.17, 15) is 9.59 Å². The molecule has 1 aromatic heterocycles. The number of likely N-dealkylation sites (tertiary alicyclic amines) is 2. The number of hydrogen-bond donors (Lipinski definition) is 2. The summed E-state index contributed by atoms with van der Waals surface area (Å²) in [4.78, 5) is 29.9. The van der Waals surface area contributed by atoms with Crippen LogP contribution in [0.4, 0.5) is 0 Å². The van der Waals surface area contributed by atoms with E-state index in [0.717, 1.165) is 68.0 Å². The second-order valence-electron chi connectivity index (χ2n) is 11.5. The summed E-state index contributed by atoms with van der Waals surface area (Å²) in [6, 6.07) is 5.76. The maximum absolute atomic E-state index is 13.5. The molecule has 2 amide bonds. The minimum atomic E-state index is -0.613. The van der Waals surface area contributed by atoms with Crippen molar-refractivity contribution in [1.82, 2.24) is 30.1 Å². The minimum Gasteiger partial charge on any atom is -0.343 e. The number of fused-ring (bicyclic) bond motifs is 1. The molecular weight excluding hydrogens is 466 g/mol. The van der Waals surface area contributed by atoms with Crippen LogP contribution in [0.25, 0.3) is 11.0 Å². The van der Waals surface area contributed by atoms with E-state index >= 15 is 0 Å². The monoisotopic (exact) mass is 509 g/mol. The number of carbonyl (C=O) groups excluding carboxylic acids is 2. The molecule has 3 unspecified atom stereocenters. The normalized spacial score (nSPS) is 23.4. The first kappa shape index (κ1) is 26.1. The maximum atomic E-state index is 13.5. The molecule has 0 spiro atoms. The van der Waals surface area contributed by atoms with Gasteiger partial charge in [-0.2, -0.15) is 0 Å². The molecule has 3 aliphatic rings. The van der Waals surface area contributed by atoms with Crippen LogP contribution >= 0.6 is 0 Å². The quantitative estimate of drug-likeness (QED) is 0.510. The smallest absolute Gasteiger partial charge is 0.239 e. The van der Waals surface area contributed by atoms with Gasteiger partial charge in [-0.1, -0.05) is 37.0 Å². The number of amides is 2. The zero-order valence-corrected chi connectivity index (χ0v) is 22.3. The second kappa shape index (κ2) is 11.9. The fraction of sp³-hybridized carbons (Fsp3) is 0.714. The van der Waals surface area contributed by atoms with Crippen LogP contribution < -0.4 is 11.1 Å². The molecule has 0 bridgehead atoms. The van der Waals surface area contributed by atoms with E-state index < -0.39 is 6.04 Å². The highest BCUT2D eigenvalue weighted by Gasteiger charge is 2.38. The minimum absolute atomic E-state index is 0.0101. The van der Waals surface area contributed by atoms with Crippen molar-refractivity contribution in [3.05, 3.63) is 23.8 Å². The van der Waals surface area contributed by atoms with Gasteiger partial charge >= 0.3 is 0 Å². The van der Waals surface area contributed by atoms with Crippen LogP contribution in [-0.2, 0) is 23.2 Å². The predicted octanol–water partition coefficient (Wildman–Crippen LogP) is 2.59. The first-order valence-corrected chi connectivity index (χ1v) is 14.3. The average molecular weight is 510 g/mol. The number of nitrogens with one attached hydrogen (secondary N) is 1. The van der Waals surface area contributed by atoms with Crippen molar-refractivity contribution in [1.29, 1.82) is 0 Å². The van der Waals surface area contributed by atoms with Gasteiger partial charge in [0.25, 0.3) is 0 Å². The molecule has 2 aromatic rings. The van der Waals surface area contributed by atoms with Crippen LogP contribution in [0.3, 0.4) is 0 Å². The summed E-state index contributed by atoms with van der Waals surface area (Å²) in [5.41, 5.74) is 9.46. The highest BCUT2D eigenvalue weighted by atomic mass is 16.2. The van der Waals surface area contributed by atoms with Crippen LogP contribution in [0.1, 0.15) is 69.8 Å². The van der Waals surface area contributed by atoms with Crippen molar-refractivity contribution in [3.8, 4) is 0 Å². The molecule has 9 nitrogen and oxygen atoms in total. The lowest BCUT2D eigenvalue weighted by Crippen LogP contribution is -2.49. The third-order valence-electron chi connectivity index (χ3n) is 8.75. The summed E-state index contributed by atoms with van der Waals surface area (Å²) >= 11 is 0. The van der Waals surface area contributed by atoms with E-state index in [-0.39, 0.29) is 17.9 Å². The zero-order valence-electron chi connectivity index (χ0n) is 22.3. The molecule has 5 rings (SSSR count). The van der Waals surface area contributed by atoms with Crippen LogP contribution in [0, 0.1) is 11.8 Å². The van der Waals surface area contributed by atoms with Gasteiger partial charge in [0, 0.05) is 52.2 Å². The van der Waals surface area contributed by atoms with Gasteiger partial charge in [-0.05, 0) is 61.6 Å². The molecule has 1 saturated carbocycles. The topological polar surface area (TPSA) is 109 Å². The van der Waals surface area contributed by atoms with Gasteiger partial charge in [-0.3, -0.25) is 9.59 Å². The van der Waals surface area contributed by atoms with E-state index in [1.54, 1.807) is 4.68 Å². The van der Waals surface area contributed by atoms with Crippen molar-refractivity contribution < 1.29 is 9.59 Å². The summed E-state index contributed by atoms with van der Waals surface area (Å²) in [6.45, 7) is 3.93. The standard InChI is InChI=1S/C28H43N7O2/c1-33-26-10-8-21(16-25(26)31-32-33)17-30-18-23-15-22(14-20-6-2-3-7-20)19-35(23)28(37)24(29)9-11-27(36)34-12-4-5-13-34/h8,10,16,20,22-24,30H,2-7,9,11-15,17-19,29H2,1H3. The number of benzene rings is 1. The predicted molar refractivity (Wildman–Crippen MR) is 143 cm³/mol. The molecular formula is C28H43N7O2. The molecule has 2 aliphatic heterocycles. The van der Waals surface area contributed by atoms with Crippen molar-refractivity contribution in [2.24, 2.45) is 24.6 Å². The Kier molecular flexibility index (Phi) is 8.39. The molecule has 1 aliphatic carbocycles. The molecule has 3 atom stereocenters. The number of carbonyl (C=O) groups is 2. The van der Waals surface area contributed by atoms with Crippen LogP contribution in [0.15, 0.2) is 18.2 Å². The van der Waals surface area contributed by atoms with E-state index in [4.69, 9.17) is 5.73 Å². The molecule has 1 aromatic carbocycles. The molecule has 0 radical (unpaired) electrons. The molecule has 3 heterocycles. The van der Waals surface area contributed by atoms with E-state index in [1.807, 2.05) is 16.8 Å². The number of aryl methyl sites for hydroxylation is 1. The largest absolute Gasteiger partial charge is 0.343 e. The van der Waals surface area contributed by atoms with Gasteiger partial charge in [0.05, 0.1) is 11.6 Å². The Morgan fingerprint density at radius 3 is 2.70 bits per heavy atom. The summed E-state index contributed by atoms with van der Waals surface area (Å²) in [6.07, 6.45) is 10.5. The average Bonchev–Trinajstić information content (AvgIpc) is 3.71. The highest BCUT2D eigenvalue weighted by molar-refractivity contribution is 5.83. The lowest BCUT2D eigenvalue weighted by atomic mass is 9.91. The van der Waals surface area contributed by atoms with E-state index in [2.05, 4.69) is 33.8 Å². The Bertz CT molecular complexity index is 1070. The Labute approximate surface area is 220 Å². The number of nitrogens with two attached hydrogens (primary N) is 1. The number of aromatic nitrogens is 3. The first-order valence-electron chi connectivity index (χ1n) is 14.3. The molecule has 202 valence electrons. The molecule has 3 fully saturated rings.